The number of allylic oxidation sites excluding steroid dienone is 16. The molecule has 0 aromatic carbocycles. The second kappa shape index (κ2) is 46.7. The molecule has 0 spiro atoms. The van der Waals surface area contributed by atoms with E-state index in [1.165, 1.54) is 38.5 Å². The first-order chi connectivity index (χ1) is 31.6. The monoisotopic (exact) mass is 908 g/mol. The molecule has 9 nitrogen and oxygen atoms in total. The minimum atomic E-state index is -1.62. The van der Waals surface area contributed by atoms with Crippen molar-refractivity contribution < 1.29 is 42.9 Å². The molecule has 0 bridgehead atoms. The number of rotatable bonds is 45. The van der Waals surface area contributed by atoms with Crippen LogP contribution in [0.3, 0.4) is 0 Å². The maximum absolute atomic E-state index is 12.7. The maximum atomic E-state index is 12.7. The molecule has 0 aliphatic rings. The number of esters is 2. The SMILES string of the molecule is CC/C=C\C/C=C\C/C=C\C/C=C\C/C=C\C/C=C\C/C=C\C/C=C\CCCCCCCCCCCCC(=O)OC(COC(=O)CCCCCCC)COC(OCC[N+](C)(C)C)C(=O)[O-]. The van der Waals surface area contributed by atoms with Gasteiger partial charge in [0.25, 0.3) is 0 Å². The molecule has 0 saturated carbocycles. The highest BCUT2D eigenvalue weighted by molar-refractivity contribution is 5.70. The Kier molecular flexibility index (Phi) is 44.0. The lowest BCUT2D eigenvalue weighted by Gasteiger charge is -2.26. The van der Waals surface area contributed by atoms with Gasteiger partial charge in [0.15, 0.2) is 12.4 Å². The molecule has 0 heterocycles. The molecular formula is C56H93NO8. The van der Waals surface area contributed by atoms with Crippen LogP contribution in [-0.2, 0) is 33.3 Å². The van der Waals surface area contributed by atoms with E-state index in [4.69, 9.17) is 18.9 Å². The van der Waals surface area contributed by atoms with E-state index in [1.807, 2.05) is 21.1 Å². The Bertz CT molecular complexity index is 1380. The van der Waals surface area contributed by atoms with Gasteiger partial charge < -0.3 is 33.3 Å². The largest absolute Gasteiger partial charge is 0.545 e. The van der Waals surface area contributed by atoms with Crippen molar-refractivity contribution in [3.8, 4) is 0 Å². The van der Waals surface area contributed by atoms with Gasteiger partial charge in [0.1, 0.15) is 13.2 Å². The molecule has 0 aromatic heterocycles. The van der Waals surface area contributed by atoms with Gasteiger partial charge in [0.05, 0.1) is 40.3 Å². The molecule has 0 radical (unpaired) electrons. The Morgan fingerprint density at radius 3 is 1.31 bits per heavy atom. The highest BCUT2D eigenvalue weighted by Gasteiger charge is 2.21. The van der Waals surface area contributed by atoms with E-state index in [-0.39, 0.29) is 38.6 Å². The molecular weight excluding hydrogens is 815 g/mol. The molecule has 0 saturated heterocycles. The van der Waals surface area contributed by atoms with Gasteiger partial charge in [-0.1, -0.05) is 188 Å². The fourth-order valence-corrected chi connectivity index (χ4v) is 6.43. The summed E-state index contributed by atoms with van der Waals surface area (Å²) in [6.07, 6.45) is 59.4. The van der Waals surface area contributed by atoms with Gasteiger partial charge in [-0.2, -0.15) is 0 Å². The molecule has 65 heavy (non-hydrogen) atoms. The first-order valence-electron chi connectivity index (χ1n) is 25.4. The zero-order valence-corrected chi connectivity index (χ0v) is 41.8. The number of carboxylic acid groups (broad SMARTS) is 1. The topological polar surface area (TPSA) is 111 Å². The number of unbranched alkanes of at least 4 members (excludes halogenated alkanes) is 14. The summed E-state index contributed by atoms with van der Waals surface area (Å²) in [5.74, 6) is -2.32. The van der Waals surface area contributed by atoms with Crippen molar-refractivity contribution in [3.05, 3.63) is 97.2 Å². The Hall–Kier alpha value is -3.79. The van der Waals surface area contributed by atoms with Crippen molar-refractivity contribution in [1.29, 1.82) is 0 Å². The minimum Gasteiger partial charge on any atom is -0.545 e. The van der Waals surface area contributed by atoms with Gasteiger partial charge >= 0.3 is 11.9 Å². The third-order valence-corrected chi connectivity index (χ3v) is 10.3. The van der Waals surface area contributed by atoms with Crippen LogP contribution >= 0.6 is 0 Å². The third kappa shape index (κ3) is 48.0. The number of hydrogen-bond acceptors (Lipinski definition) is 8. The van der Waals surface area contributed by atoms with E-state index >= 15 is 0 Å². The van der Waals surface area contributed by atoms with E-state index in [9.17, 15) is 19.5 Å². The Balaban J connectivity index is 4.05. The van der Waals surface area contributed by atoms with Crippen molar-refractivity contribution in [2.45, 2.75) is 193 Å². The first-order valence-corrected chi connectivity index (χ1v) is 25.4. The van der Waals surface area contributed by atoms with E-state index < -0.39 is 24.3 Å². The summed E-state index contributed by atoms with van der Waals surface area (Å²) in [7, 11) is 5.89. The lowest BCUT2D eigenvalue weighted by molar-refractivity contribution is -0.870. The van der Waals surface area contributed by atoms with Gasteiger partial charge in [-0.25, -0.2) is 0 Å². The lowest BCUT2D eigenvalue weighted by atomic mass is 10.0. The van der Waals surface area contributed by atoms with E-state index in [1.54, 1.807) is 0 Å². The molecule has 0 fully saturated rings. The zero-order chi connectivity index (χ0) is 47.7. The van der Waals surface area contributed by atoms with Crippen molar-refractivity contribution in [2.75, 3.05) is 47.5 Å². The Labute approximate surface area is 397 Å². The van der Waals surface area contributed by atoms with Crippen LogP contribution < -0.4 is 5.11 Å². The summed E-state index contributed by atoms with van der Waals surface area (Å²) in [5, 5.41) is 11.6. The molecule has 2 unspecified atom stereocenters. The van der Waals surface area contributed by atoms with Crippen molar-refractivity contribution in [2.24, 2.45) is 0 Å². The van der Waals surface area contributed by atoms with E-state index in [0.717, 1.165) is 109 Å². The van der Waals surface area contributed by atoms with Gasteiger partial charge in [0.2, 0.25) is 0 Å². The fraction of sp³-hybridized carbons (Fsp3) is 0.661. The summed E-state index contributed by atoms with van der Waals surface area (Å²) < 4.78 is 22.4. The predicted octanol–water partition coefficient (Wildman–Crippen LogP) is 12.9. The molecule has 0 aliphatic carbocycles. The number of carbonyl (C=O) groups excluding carboxylic acids is 3. The number of nitrogens with zero attached hydrogens (tertiary/aromatic N) is 1. The predicted molar refractivity (Wildman–Crippen MR) is 269 cm³/mol. The summed E-state index contributed by atoms with van der Waals surface area (Å²) >= 11 is 0. The average molecular weight is 908 g/mol. The number of carbonyl (C=O) groups is 3. The molecule has 0 N–H and O–H groups in total. The maximum Gasteiger partial charge on any atom is 0.306 e. The van der Waals surface area contributed by atoms with Crippen molar-refractivity contribution in [3.63, 3.8) is 0 Å². The second-order valence-corrected chi connectivity index (χ2v) is 17.7. The summed E-state index contributed by atoms with van der Waals surface area (Å²) in [4.78, 5) is 36.7. The minimum absolute atomic E-state index is 0.143. The molecule has 0 aliphatic heterocycles. The zero-order valence-electron chi connectivity index (χ0n) is 41.8. The van der Waals surface area contributed by atoms with Crippen LogP contribution in [0.2, 0.25) is 0 Å². The van der Waals surface area contributed by atoms with Crippen molar-refractivity contribution >= 4 is 17.9 Å². The van der Waals surface area contributed by atoms with Crippen LogP contribution in [0, 0.1) is 0 Å². The standard InChI is InChI=1S/C56H93NO8/c1-6-8-10-12-13-14-15-16-17-18-19-20-21-22-23-24-25-26-27-28-29-30-31-32-33-34-35-36-37-38-39-40-41-43-45-47-54(59)65-52(50-63-53(58)46-44-42-11-9-7-2)51-64-56(55(60)61)62-49-48-57(3,4)5/h8,10,13-14,16-17,19-20,22-23,25-26,28-29,31-32,52,56H,6-7,9,11-12,15,18,21,24,27,30,33-51H2,1-5H3/b10-8-,14-13-,17-16-,20-19-,23-22-,26-25-,29-28-,32-31-. The van der Waals surface area contributed by atoms with Gasteiger partial charge in [-0.3, -0.25) is 9.59 Å². The van der Waals surface area contributed by atoms with Crippen LogP contribution in [0.4, 0.5) is 0 Å². The number of aliphatic carboxylic acids is 1. The first kappa shape index (κ1) is 61.2. The smallest absolute Gasteiger partial charge is 0.306 e. The summed E-state index contributed by atoms with van der Waals surface area (Å²) in [6, 6.07) is 0. The van der Waals surface area contributed by atoms with Crippen molar-refractivity contribution in [1.82, 2.24) is 0 Å². The quantitative estimate of drug-likeness (QED) is 0.0195. The van der Waals surface area contributed by atoms with Crippen LogP contribution in [0.15, 0.2) is 97.2 Å². The van der Waals surface area contributed by atoms with Crippen LogP contribution in [0.5, 0.6) is 0 Å². The van der Waals surface area contributed by atoms with Crippen LogP contribution in [-0.4, -0.2) is 82.3 Å². The fourth-order valence-electron chi connectivity index (χ4n) is 6.43. The third-order valence-electron chi connectivity index (χ3n) is 10.3. The molecule has 9 heteroatoms. The van der Waals surface area contributed by atoms with Gasteiger partial charge in [-0.05, 0) is 77.0 Å². The number of ether oxygens (including phenoxy) is 4. The normalized spacial score (nSPS) is 13.7. The number of likely N-dealkylation sites (N-methyl/N-ethyl adjacent to an activating group) is 1. The molecule has 0 amide bonds. The molecule has 370 valence electrons. The summed E-state index contributed by atoms with van der Waals surface area (Å²) in [5.41, 5.74) is 0. The van der Waals surface area contributed by atoms with E-state index in [2.05, 4.69) is 111 Å². The van der Waals surface area contributed by atoms with Gasteiger partial charge in [-0.15, -0.1) is 0 Å². The highest BCUT2D eigenvalue weighted by Crippen LogP contribution is 2.14. The van der Waals surface area contributed by atoms with Gasteiger partial charge in [0, 0.05) is 12.8 Å². The Morgan fingerprint density at radius 1 is 0.477 bits per heavy atom. The molecule has 0 aromatic rings. The number of hydrogen-bond donors (Lipinski definition) is 0. The van der Waals surface area contributed by atoms with E-state index in [0.29, 0.717) is 17.4 Å². The number of carboxylic acids is 1. The molecule has 2 atom stereocenters. The average Bonchev–Trinajstić information content (AvgIpc) is 3.27. The summed E-state index contributed by atoms with van der Waals surface area (Å²) in [6.45, 7) is 4.50. The molecule has 0 rings (SSSR count). The lowest BCUT2D eigenvalue weighted by Crippen LogP contribution is -2.44. The van der Waals surface area contributed by atoms with Crippen LogP contribution in [0.25, 0.3) is 0 Å². The number of quaternary nitrogens is 1. The second-order valence-electron chi connectivity index (χ2n) is 17.7. The van der Waals surface area contributed by atoms with Crippen LogP contribution in [0.1, 0.15) is 181 Å². The Morgan fingerprint density at radius 2 is 0.877 bits per heavy atom. The highest BCUT2D eigenvalue weighted by atomic mass is 16.7.